The Morgan fingerprint density at radius 2 is 1.97 bits per heavy atom. The van der Waals surface area contributed by atoms with Gasteiger partial charge in [0.2, 0.25) is 5.91 Å². The number of benzene rings is 1. The average Bonchev–Trinajstić information content (AvgIpc) is 3.52. The second-order valence-electron chi connectivity index (χ2n) is 8.79. The quantitative estimate of drug-likeness (QED) is 0.607. The van der Waals surface area contributed by atoms with E-state index in [0.29, 0.717) is 23.9 Å². The number of hydrogen-bond acceptors (Lipinski definition) is 6. The lowest BCUT2D eigenvalue weighted by molar-refractivity contribution is -0.129. The van der Waals surface area contributed by atoms with E-state index in [-0.39, 0.29) is 18.0 Å². The minimum absolute atomic E-state index is 0.151. The lowest BCUT2D eigenvalue weighted by atomic mass is 10.1. The predicted octanol–water partition coefficient (Wildman–Crippen LogP) is 3.23. The summed E-state index contributed by atoms with van der Waals surface area (Å²) in [4.78, 5) is 31.2. The maximum atomic E-state index is 12.1. The number of aryl methyl sites for hydroxylation is 1. The van der Waals surface area contributed by atoms with Crippen molar-refractivity contribution in [2.45, 2.75) is 38.3 Å². The maximum absolute atomic E-state index is 12.1. The second kappa shape index (κ2) is 7.71. The molecule has 1 unspecified atom stereocenters. The molecule has 32 heavy (non-hydrogen) atoms. The molecule has 8 nitrogen and oxygen atoms in total. The number of amides is 1. The van der Waals surface area contributed by atoms with Gasteiger partial charge >= 0.3 is 0 Å². The number of imidazole rings is 1. The van der Waals surface area contributed by atoms with Crippen LogP contribution in [0.2, 0.25) is 5.02 Å². The van der Waals surface area contributed by atoms with Crippen molar-refractivity contribution >= 4 is 34.5 Å². The van der Waals surface area contributed by atoms with Crippen molar-refractivity contribution in [2.24, 2.45) is 0 Å². The minimum atomic E-state index is 0.151. The highest BCUT2D eigenvalue weighted by Crippen LogP contribution is 2.37. The fraction of sp³-hybridized carbons (Fsp3) is 0.478. The first-order chi connectivity index (χ1) is 15.6. The molecule has 1 amide bonds. The van der Waals surface area contributed by atoms with Crippen LogP contribution in [0.25, 0.3) is 22.6 Å². The highest BCUT2D eigenvalue weighted by Gasteiger charge is 2.37. The first-order valence-corrected chi connectivity index (χ1v) is 11.6. The molecule has 3 saturated heterocycles. The van der Waals surface area contributed by atoms with Gasteiger partial charge in [-0.3, -0.25) is 4.79 Å². The first kappa shape index (κ1) is 19.9. The molecular formula is C23H25ClN6O2. The van der Waals surface area contributed by atoms with Crippen LogP contribution in [-0.2, 0) is 9.53 Å². The third kappa shape index (κ3) is 3.16. The van der Waals surface area contributed by atoms with Gasteiger partial charge in [0.05, 0.1) is 17.7 Å². The Hall–Kier alpha value is -2.71. The number of hydrogen-bond donors (Lipinski definition) is 0. The number of fused-ring (bicyclic) bond motifs is 2. The van der Waals surface area contributed by atoms with Crippen molar-refractivity contribution < 1.29 is 9.53 Å². The lowest BCUT2D eigenvalue weighted by Gasteiger charge is -2.38. The van der Waals surface area contributed by atoms with Crippen molar-refractivity contribution in [1.29, 1.82) is 0 Å². The van der Waals surface area contributed by atoms with E-state index in [2.05, 4.69) is 9.47 Å². The van der Waals surface area contributed by atoms with Gasteiger partial charge in [-0.15, -0.1) is 0 Å². The van der Waals surface area contributed by atoms with E-state index in [1.807, 2.05) is 36.1 Å². The number of ether oxygens (including phenoxy) is 1. The monoisotopic (exact) mass is 452 g/mol. The average molecular weight is 453 g/mol. The smallest absolute Gasteiger partial charge is 0.223 e. The Morgan fingerprint density at radius 1 is 1.09 bits per heavy atom. The summed E-state index contributed by atoms with van der Waals surface area (Å²) >= 11 is 6.59. The van der Waals surface area contributed by atoms with Gasteiger partial charge in [0.25, 0.3) is 0 Å². The van der Waals surface area contributed by atoms with Crippen molar-refractivity contribution in [1.82, 2.24) is 24.4 Å². The maximum Gasteiger partial charge on any atom is 0.223 e. The Balaban J connectivity index is 1.51. The molecule has 9 heteroatoms. The summed E-state index contributed by atoms with van der Waals surface area (Å²) in [5.74, 6) is 2.63. The summed E-state index contributed by atoms with van der Waals surface area (Å²) in [6, 6.07) is 8.19. The highest BCUT2D eigenvalue weighted by molar-refractivity contribution is 6.33. The Labute approximate surface area is 191 Å². The standard InChI is InChI=1S/C23H25ClN6O2/c1-14-25-22(28-9-10-29-15(12-28)6-7-19(29)31)20-23(26-14)30(16-8-11-32-13-16)21(27-20)17-4-2-3-5-18(17)24/h2-5,15-16H,6-13H2,1H3/t15?,16-/m0/s1. The number of aromatic nitrogens is 4. The normalized spacial score (nSPS) is 23.4. The van der Waals surface area contributed by atoms with Crippen molar-refractivity contribution in [2.75, 3.05) is 37.7 Å². The molecule has 0 bridgehead atoms. The van der Waals surface area contributed by atoms with E-state index in [4.69, 9.17) is 31.3 Å². The molecule has 0 saturated carbocycles. The van der Waals surface area contributed by atoms with Crippen molar-refractivity contribution in [3.63, 3.8) is 0 Å². The molecular weight excluding hydrogens is 428 g/mol. The van der Waals surface area contributed by atoms with Crippen LogP contribution in [0, 0.1) is 6.92 Å². The molecule has 3 aliphatic heterocycles. The van der Waals surface area contributed by atoms with Crippen LogP contribution in [0.3, 0.4) is 0 Å². The number of anilines is 1. The summed E-state index contributed by atoms with van der Waals surface area (Å²) in [6.45, 7) is 5.52. The molecule has 1 aromatic carbocycles. The van der Waals surface area contributed by atoms with Gasteiger partial charge in [0.15, 0.2) is 17.0 Å². The van der Waals surface area contributed by atoms with Crippen molar-refractivity contribution in [3.8, 4) is 11.4 Å². The molecule has 3 aliphatic rings. The first-order valence-electron chi connectivity index (χ1n) is 11.2. The third-order valence-electron chi connectivity index (χ3n) is 6.81. The summed E-state index contributed by atoms with van der Waals surface area (Å²) < 4.78 is 7.90. The molecule has 0 aliphatic carbocycles. The molecule has 2 atom stereocenters. The molecule has 166 valence electrons. The van der Waals surface area contributed by atoms with Crippen LogP contribution in [0.15, 0.2) is 24.3 Å². The molecule has 5 heterocycles. The number of rotatable bonds is 3. The molecule has 0 spiro atoms. The highest BCUT2D eigenvalue weighted by atomic mass is 35.5. The fourth-order valence-corrected chi connectivity index (χ4v) is 5.47. The van der Waals surface area contributed by atoms with Gasteiger partial charge in [-0.05, 0) is 31.9 Å². The van der Waals surface area contributed by atoms with Crippen LogP contribution in [0.1, 0.15) is 31.1 Å². The van der Waals surface area contributed by atoms with Crippen LogP contribution in [-0.4, -0.2) is 69.2 Å². The number of piperazine rings is 1. The van der Waals surface area contributed by atoms with Crippen LogP contribution >= 0.6 is 11.6 Å². The lowest BCUT2D eigenvalue weighted by Crippen LogP contribution is -2.51. The Kier molecular flexibility index (Phi) is 4.80. The molecule has 3 aromatic rings. The van der Waals surface area contributed by atoms with E-state index in [0.717, 1.165) is 67.5 Å². The van der Waals surface area contributed by atoms with Crippen LogP contribution in [0.5, 0.6) is 0 Å². The minimum Gasteiger partial charge on any atom is -0.379 e. The Bertz CT molecular complexity index is 1200. The van der Waals surface area contributed by atoms with Gasteiger partial charge in [0, 0.05) is 44.3 Å². The Morgan fingerprint density at radius 3 is 2.78 bits per heavy atom. The topological polar surface area (TPSA) is 76.4 Å². The largest absolute Gasteiger partial charge is 0.379 e. The SMILES string of the molecule is Cc1nc(N2CCN3C(=O)CCC3C2)c2nc(-c3ccccc3Cl)n([C@H]3CCOC3)c2n1. The third-order valence-corrected chi connectivity index (χ3v) is 7.14. The van der Waals surface area contributed by atoms with Crippen LogP contribution < -0.4 is 4.90 Å². The van der Waals surface area contributed by atoms with Crippen LogP contribution in [0.4, 0.5) is 5.82 Å². The summed E-state index contributed by atoms with van der Waals surface area (Å²) in [5, 5.41) is 0.660. The van der Waals surface area contributed by atoms with Gasteiger partial charge in [0.1, 0.15) is 11.6 Å². The van der Waals surface area contributed by atoms with E-state index in [1.165, 1.54) is 0 Å². The fourth-order valence-electron chi connectivity index (χ4n) is 5.25. The second-order valence-corrected chi connectivity index (χ2v) is 9.20. The van der Waals surface area contributed by atoms with Gasteiger partial charge in [-0.25, -0.2) is 15.0 Å². The van der Waals surface area contributed by atoms with Gasteiger partial charge in [-0.1, -0.05) is 23.7 Å². The number of nitrogens with zero attached hydrogens (tertiary/aromatic N) is 6. The molecule has 0 radical (unpaired) electrons. The van der Waals surface area contributed by atoms with E-state index in [1.54, 1.807) is 0 Å². The predicted molar refractivity (Wildman–Crippen MR) is 122 cm³/mol. The zero-order valence-electron chi connectivity index (χ0n) is 18.0. The summed E-state index contributed by atoms with van der Waals surface area (Å²) in [7, 11) is 0. The van der Waals surface area contributed by atoms with Gasteiger partial charge in [-0.2, -0.15) is 0 Å². The zero-order valence-corrected chi connectivity index (χ0v) is 18.8. The van der Waals surface area contributed by atoms with Gasteiger partial charge < -0.3 is 19.1 Å². The van der Waals surface area contributed by atoms with E-state index in [9.17, 15) is 4.79 Å². The summed E-state index contributed by atoms with van der Waals surface area (Å²) in [6.07, 6.45) is 2.45. The molecule has 6 rings (SSSR count). The summed E-state index contributed by atoms with van der Waals surface area (Å²) in [5.41, 5.74) is 2.49. The van der Waals surface area contributed by atoms with E-state index < -0.39 is 0 Å². The molecule has 3 fully saturated rings. The zero-order chi connectivity index (χ0) is 21.8. The number of carbonyl (C=O) groups excluding carboxylic acids is 1. The number of carbonyl (C=O) groups is 1. The van der Waals surface area contributed by atoms with E-state index >= 15 is 0 Å². The molecule has 2 aromatic heterocycles. The van der Waals surface area contributed by atoms with Crippen molar-refractivity contribution in [3.05, 3.63) is 35.1 Å². The number of halogens is 1. The molecule has 0 N–H and O–H groups in total.